The molecule has 0 aromatic heterocycles. The molecule has 0 unspecified atom stereocenters. The van der Waals surface area contributed by atoms with Crippen molar-refractivity contribution >= 4 is 5.57 Å². The van der Waals surface area contributed by atoms with Crippen LogP contribution in [0.25, 0.3) is 5.57 Å². The number of nitrogens with zero attached hydrogens (tertiary/aromatic N) is 1. The van der Waals surface area contributed by atoms with E-state index in [0.29, 0.717) is 11.1 Å². The van der Waals surface area contributed by atoms with Gasteiger partial charge in [-0.2, -0.15) is 5.26 Å². The molecule has 112 valence electrons. The van der Waals surface area contributed by atoms with Gasteiger partial charge in [-0.15, -0.1) is 0 Å². The summed E-state index contributed by atoms with van der Waals surface area (Å²) in [6.07, 6.45) is -0.356. The number of allylic oxidation sites excluding steroid dienone is 2. The lowest BCUT2D eigenvalue weighted by Crippen LogP contribution is -2.14. The van der Waals surface area contributed by atoms with Crippen LogP contribution in [0.2, 0.25) is 0 Å². The zero-order chi connectivity index (χ0) is 16.2. The quantitative estimate of drug-likeness (QED) is 0.727. The van der Waals surface area contributed by atoms with Crippen LogP contribution in [0.4, 0.5) is 8.78 Å². The normalized spacial score (nSPS) is 10.9. The van der Waals surface area contributed by atoms with E-state index in [1.807, 2.05) is 50.2 Å². The second-order valence-electron chi connectivity index (χ2n) is 5.41. The van der Waals surface area contributed by atoms with Crippen LogP contribution in [0, 0.1) is 11.3 Å². The molecule has 2 aromatic carbocycles. The Morgan fingerprint density at radius 1 is 1.00 bits per heavy atom. The number of rotatable bonds is 4. The first-order chi connectivity index (χ1) is 10.4. The van der Waals surface area contributed by atoms with Crippen LogP contribution in [0.15, 0.2) is 60.2 Å². The molecule has 0 heterocycles. The molecule has 0 radical (unpaired) electrons. The Balaban J connectivity index is 2.33. The Kier molecular flexibility index (Phi) is 4.72. The summed E-state index contributed by atoms with van der Waals surface area (Å²) in [4.78, 5) is 0. The molecule has 0 N–H and O–H groups in total. The Bertz CT molecular complexity index is 703. The molecular weight excluding hydrogens is 280 g/mol. The summed E-state index contributed by atoms with van der Waals surface area (Å²) in [5.74, 6) is -2.98. The number of hydrogen-bond acceptors (Lipinski definition) is 1. The van der Waals surface area contributed by atoms with Gasteiger partial charge < -0.3 is 0 Å². The van der Waals surface area contributed by atoms with Crippen LogP contribution in [-0.2, 0) is 5.92 Å². The van der Waals surface area contributed by atoms with E-state index in [1.54, 1.807) is 0 Å². The summed E-state index contributed by atoms with van der Waals surface area (Å²) in [6.45, 7) is 3.69. The molecule has 0 saturated carbocycles. The lowest BCUT2D eigenvalue weighted by Gasteiger charge is -2.20. The Morgan fingerprint density at radius 3 is 2.09 bits per heavy atom. The summed E-state index contributed by atoms with van der Waals surface area (Å²) in [6, 6.07) is 16.7. The van der Waals surface area contributed by atoms with Crippen LogP contribution < -0.4 is 0 Å². The van der Waals surface area contributed by atoms with Crippen molar-refractivity contribution in [2.24, 2.45) is 0 Å². The monoisotopic (exact) mass is 297 g/mol. The van der Waals surface area contributed by atoms with Crippen molar-refractivity contribution in [1.29, 1.82) is 5.26 Å². The predicted octanol–water partition coefficient (Wildman–Crippen LogP) is 5.53. The minimum atomic E-state index is -2.98. The summed E-state index contributed by atoms with van der Waals surface area (Å²) in [5.41, 5.74) is 2.65. The molecule has 1 nitrogen and oxygen atoms in total. The lowest BCUT2D eigenvalue weighted by atomic mass is 9.92. The van der Waals surface area contributed by atoms with E-state index in [9.17, 15) is 8.78 Å². The van der Waals surface area contributed by atoms with Crippen LogP contribution in [0.3, 0.4) is 0 Å². The highest BCUT2D eigenvalue weighted by molar-refractivity contribution is 5.68. The molecule has 3 heteroatoms. The van der Waals surface area contributed by atoms with Crippen molar-refractivity contribution in [3.8, 4) is 6.07 Å². The number of hydrogen-bond donors (Lipinski definition) is 0. The largest absolute Gasteiger partial charge is 0.277 e. The van der Waals surface area contributed by atoms with Crippen molar-refractivity contribution in [3.05, 3.63) is 76.9 Å². The third kappa shape index (κ3) is 3.59. The van der Waals surface area contributed by atoms with Crippen LogP contribution in [0.5, 0.6) is 0 Å². The SMILES string of the molecule is CC(C)=C(CC(F)(F)c1ccc(C#N)cc1)c1ccccc1. The smallest absolute Gasteiger partial charge is 0.201 e. The van der Waals surface area contributed by atoms with Gasteiger partial charge in [-0.05, 0) is 37.1 Å². The van der Waals surface area contributed by atoms with Gasteiger partial charge in [0.05, 0.1) is 11.6 Å². The molecule has 0 bridgehead atoms. The third-order valence-corrected chi connectivity index (χ3v) is 3.56. The summed E-state index contributed by atoms with van der Waals surface area (Å²) < 4.78 is 29.1. The van der Waals surface area contributed by atoms with Crippen molar-refractivity contribution in [3.63, 3.8) is 0 Å². The Hall–Kier alpha value is -2.47. The molecule has 0 aliphatic heterocycles. The average molecular weight is 297 g/mol. The van der Waals surface area contributed by atoms with Gasteiger partial charge in [-0.25, -0.2) is 8.78 Å². The molecule has 0 spiro atoms. The minimum Gasteiger partial charge on any atom is -0.201 e. The Morgan fingerprint density at radius 2 is 1.59 bits per heavy atom. The lowest BCUT2D eigenvalue weighted by molar-refractivity contribution is 0.00143. The maximum Gasteiger partial charge on any atom is 0.277 e. The topological polar surface area (TPSA) is 23.8 Å². The third-order valence-electron chi connectivity index (χ3n) is 3.56. The first-order valence-electron chi connectivity index (χ1n) is 7.04. The molecule has 0 amide bonds. The van der Waals surface area contributed by atoms with Crippen molar-refractivity contribution in [2.75, 3.05) is 0 Å². The average Bonchev–Trinajstić information content (AvgIpc) is 2.53. The number of benzene rings is 2. The highest BCUT2D eigenvalue weighted by Crippen LogP contribution is 2.39. The van der Waals surface area contributed by atoms with E-state index < -0.39 is 5.92 Å². The second-order valence-corrected chi connectivity index (χ2v) is 5.41. The van der Waals surface area contributed by atoms with Gasteiger partial charge >= 0.3 is 0 Å². The highest BCUT2D eigenvalue weighted by Gasteiger charge is 2.33. The van der Waals surface area contributed by atoms with Crippen molar-refractivity contribution in [2.45, 2.75) is 26.2 Å². The van der Waals surface area contributed by atoms with Crippen LogP contribution in [-0.4, -0.2) is 0 Å². The fourth-order valence-corrected chi connectivity index (χ4v) is 2.32. The van der Waals surface area contributed by atoms with E-state index in [2.05, 4.69) is 0 Å². The summed E-state index contributed by atoms with van der Waals surface area (Å²) in [5, 5.41) is 8.75. The van der Waals surface area contributed by atoms with Crippen LogP contribution >= 0.6 is 0 Å². The van der Waals surface area contributed by atoms with E-state index in [1.165, 1.54) is 24.3 Å². The molecule has 0 saturated heterocycles. The molecule has 0 atom stereocenters. The first-order valence-corrected chi connectivity index (χ1v) is 7.04. The van der Waals surface area contributed by atoms with Crippen molar-refractivity contribution < 1.29 is 8.78 Å². The highest BCUT2D eigenvalue weighted by atomic mass is 19.3. The summed E-state index contributed by atoms with van der Waals surface area (Å²) in [7, 11) is 0. The molecule has 0 fully saturated rings. The maximum absolute atomic E-state index is 14.6. The van der Waals surface area contributed by atoms with E-state index in [0.717, 1.165) is 11.1 Å². The number of alkyl halides is 2. The van der Waals surface area contributed by atoms with Crippen LogP contribution in [0.1, 0.15) is 37.0 Å². The van der Waals surface area contributed by atoms with Crippen molar-refractivity contribution in [1.82, 2.24) is 0 Å². The fourth-order valence-electron chi connectivity index (χ4n) is 2.32. The maximum atomic E-state index is 14.6. The molecule has 0 aliphatic carbocycles. The molecule has 2 rings (SSSR count). The van der Waals surface area contributed by atoms with Gasteiger partial charge in [0.2, 0.25) is 0 Å². The summed E-state index contributed by atoms with van der Waals surface area (Å²) >= 11 is 0. The molecular formula is C19H17F2N. The molecule has 2 aromatic rings. The van der Waals surface area contributed by atoms with E-state index in [4.69, 9.17) is 5.26 Å². The van der Waals surface area contributed by atoms with Gasteiger partial charge in [0.1, 0.15) is 0 Å². The molecule has 0 aliphatic rings. The van der Waals surface area contributed by atoms with E-state index in [-0.39, 0.29) is 12.0 Å². The van der Waals surface area contributed by atoms with E-state index >= 15 is 0 Å². The van der Waals surface area contributed by atoms with Gasteiger partial charge in [0, 0.05) is 12.0 Å². The number of nitriles is 1. The minimum absolute atomic E-state index is 0.0684. The zero-order valence-corrected chi connectivity index (χ0v) is 12.6. The second kappa shape index (κ2) is 6.53. The fraction of sp³-hybridized carbons (Fsp3) is 0.211. The first kappa shape index (κ1) is 15.9. The molecule has 22 heavy (non-hydrogen) atoms. The predicted molar refractivity (Wildman–Crippen MR) is 84.4 cm³/mol. The van der Waals surface area contributed by atoms with Gasteiger partial charge in [-0.3, -0.25) is 0 Å². The van der Waals surface area contributed by atoms with Gasteiger partial charge in [0.25, 0.3) is 5.92 Å². The standard InChI is InChI=1S/C19H17F2N/c1-14(2)18(16-6-4-3-5-7-16)12-19(20,21)17-10-8-15(13-22)9-11-17/h3-11H,12H2,1-2H3. The van der Waals surface area contributed by atoms with Gasteiger partial charge in [0.15, 0.2) is 0 Å². The zero-order valence-electron chi connectivity index (χ0n) is 12.6. The number of halogens is 2. The Labute approximate surface area is 129 Å². The van der Waals surface area contributed by atoms with Gasteiger partial charge in [-0.1, -0.05) is 48.0 Å².